The van der Waals surface area contributed by atoms with E-state index in [0.29, 0.717) is 42.9 Å². The number of rotatable bonds is 14. The molecule has 0 aliphatic carbocycles. The summed E-state index contributed by atoms with van der Waals surface area (Å²) in [4.78, 5) is 54.3. The number of halogens is 2. The van der Waals surface area contributed by atoms with E-state index in [0.717, 1.165) is 106 Å². The Labute approximate surface area is 339 Å². The maximum atomic E-state index is 15.2. The highest BCUT2D eigenvalue weighted by atomic mass is 79.9. The number of hydrogen-bond acceptors (Lipinski definition) is 9. The molecule has 3 aliphatic heterocycles. The van der Waals surface area contributed by atoms with Crippen molar-refractivity contribution in [1.29, 1.82) is 0 Å². The third kappa shape index (κ3) is 10.8. The van der Waals surface area contributed by atoms with Crippen molar-refractivity contribution in [2.45, 2.75) is 64.3 Å². The van der Waals surface area contributed by atoms with Gasteiger partial charge in [0.05, 0.1) is 11.9 Å². The molecule has 1 atom stereocenters. The fraction of sp³-hybridized carbons (Fsp3) is 0.512. The molecule has 2 aromatic heterocycles. The van der Waals surface area contributed by atoms with Crippen LogP contribution in [0.15, 0.2) is 58.8 Å². The normalized spacial score (nSPS) is 18.5. The Morgan fingerprint density at radius 3 is 2.32 bits per heavy atom. The molecule has 0 saturated carbocycles. The van der Waals surface area contributed by atoms with Gasteiger partial charge in [0.25, 0.3) is 5.91 Å². The Hall–Kier alpha value is -4.20. The second kappa shape index (κ2) is 19.8. The molecule has 1 unspecified atom stereocenters. The number of amides is 2. The second-order valence-electron chi connectivity index (χ2n) is 15.6. The summed E-state index contributed by atoms with van der Waals surface area (Å²) >= 11 is 3.66. The molecular formula is C43H56BrFN8O3. The zero-order valence-electron chi connectivity index (χ0n) is 33.0. The van der Waals surface area contributed by atoms with E-state index in [9.17, 15) is 14.4 Å². The minimum atomic E-state index is -0.646. The van der Waals surface area contributed by atoms with E-state index in [1.54, 1.807) is 6.20 Å². The van der Waals surface area contributed by atoms with E-state index in [-0.39, 0.29) is 18.2 Å². The van der Waals surface area contributed by atoms with Crippen molar-refractivity contribution in [3.05, 3.63) is 87.0 Å². The van der Waals surface area contributed by atoms with Gasteiger partial charge < -0.3 is 25.2 Å². The van der Waals surface area contributed by atoms with Gasteiger partial charge >= 0.3 is 0 Å². The number of pyridine rings is 2. The van der Waals surface area contributed by atoms with Crippen LogP contribution in [0, 0.1) is 18.7 Å². The second-order valence-corrected chi connectivity index (χ2v) is 16.4. The summed E-state index contributed by atoms with van der Waals surface area (Å²) in [6, 6.07) is 11.1. The highest BCUT2D eigenvalue weighted by Gasteiger charge is 2.28. The summed E-state index contributed by atoms with van der Waals surface area (Å²) in [5.74, 6) is 0.760. The molecule has 1 aromatic carbocycles. The lowest BCUT2D eigenvalue weighted by atomic mass is 9.88. The van der Waals surface area contributed by atoms with Crippen LogP contribution in [0.3, 0.4) is 0 Å². The SMILES string of the molecule is CNC(=O)C(CCC=O)Nc1cnc(N2CCN(CC3CCN(C(=O)c4ccc(C5CCN(C/C(C)=C/c6c(Br)ccnc6C)CC5)cc4)CC3)CC2)c(F)c1. The number of likely N-dealkylation sites (N-methyl/N-ethyl adjacent to an activating group) is 1. The Bertz CT molecular complexity index is 1810. The van der Waals surface area contributed by atoms with E-state index in [2.05, 4.69) is 71.5 Å². The Kier molecular flexibility index (Phi) is 14.6. The molecule has 2 N–H and O–H groups in total. The molecule has 3 aromatic rings. The number of piperidine rings is 2. The predicted molar refractivity (Wildman–Crippen MR) is 223 cm³/mol. The van der Waals surface area contributed by atoms with Crippen LogP contribution in [0.2, 0.25) is 0 Å². The topological polar surface area (TPSA) is 114 Å². The molecule has 56 heavy (non-hydrogen) atoms. The minimum absolute atomic E-state index is 0.122. The van der Waals surface area contributed by atoms with Gasteiger partial charge in [-0.05, 0) is 94.6 Å². The molecule has 0 spiro atoms. The number of nitrogens with one attached hydrogen (secondary N) is 2. The zero-order chi connectivity index (χ0) is 39.6. The molecule has 2 amide bonds. The van der Waals surface area contributed by atoms with E-state index in [1.165, 1.54) is 24.3 Å². The first-order valence-electron chi connectivity index (χ1n) is 20.1. The molecule has 13 heteroatoms. The minimum Gasteiger partial charge on any atom is -0.372 e. The summed E-state index contributed by atoms with van der Waals surface area (Å²) < 4.78 is 16.3. The number of benzene rings is 1. The number of piperazine rings is 1. The molecule has 300 valence electrons. The van der Waals surface area contributed by atoms with Crippen LogP contribution >= 0.6 is 15.9 Å². The van der Waals surface area contributed by atoms with Gasteiger partial charge in [-0.3, -0.25) is 24.4 Å². The van der Waals surface area contributed by atoms with Gasteiger partial charge in [-0.1, -0.05) is 39.7 Å². The third-order valence-electron chi connectivity index (χ3n) is 11.6. The summed E-state index contributed by atoms with van der Waals surface area (Å²) in [6.45, 7) is 12.8. The lowest BCUT2D eigenvalue weighted by Gasteiger charge is -2.39. The van der Waals surface area contributed by atoms with Crippen LogP contribution < -0.4 is 15.5 Å². The van der Waals surface area contributed by atoms with Gasteiger partial charge in [0.2, 0.25) is 5.91 Å². The van der Waals surface area contributed by atoms with Crippen LogP contribution in [0.5, 0.6) is 0 Å². The first-order valence-corrected chi connectivity index (χ1v) is 20.9. The van der Waals surface area contributed by atoms with Gasteiger partial charge in [0.1, 0.15) is 12.3 Å². The van der Waals surface area contributed by atoms with Crippen molar-refractivity contribution < 1.29 is 18.8 Å². The van der Waals surface area contributed by atoms with Crippen LogP contribution in [0.4, 0.5) is 15.9 Å². The van der Waals surface area contributed by atoms with Crippen LogP contribution in [0.1, 0.15) is 78.5 Å². The van der Waals surface area contributed by atoms with Crippen LogP contribution in [0.25, 0.3) is 6.08 Å². The average Bonchev–Trinajstić information content (AvgIpc) is 3.21. The average molecular weight is 832 g/mol. The highest BCUT2D eigenvalue weighted by molar-refractivity contribution is 9.10. The van der Waals surface area contributed by atoms with Crippen molar-refractivity contribution in [2.75, 3.05) is 82.7 Å². The van der Waals surface area contributed by atoms with Crippen LogP contribution in [-0.2, 0) is 9.59 Å². The Morgan fingerprint density at radius 1 is 0.964 bits per heavy atom. The predicted octanol–water partition coefficient (Wildman–Crippen LogP) is 6.15. The summed E-state index contributed by atoms with van der Waals surface area (Å²) in [5.41, 5.74) is 6.02. The maximum absolute atomic E-state index is 15.2. The molecule has 3 aliphatic rings. The molecule has 3 saturated heterocycles. The van der Waals surface area contributed by atoms with Crippen molar-refractivity contribution in [2.24, 2.45) is 5.92 Å². The lowest BCUT2D eigenvalue weighted by Crippen LogP contribution is -2.49. The number of carbonyl (C=O) groups is 3. The monoisotopic (exact) mass is 830 g/mol. The number of anilines is 2. The largest absolute Gasteiger partial charge is 0.372 e. The van der Waals surface area contributed by atoms with Gasteiger partial charge in [0, 0.05) is 99.4 Å². The number of carbonyl (C=O) groups excluding carboxylic acids is 3. The quantitative estimate of drug-likeness (QED) is 0.185. The van der Waals surface area contributed by atoms with Gasteiger partial charge in [-0.2, -0.15) is 0 Å². The van der Waals surface area contributed by atoms with Crippen molar-refractivity contribution in [3.63, 3.8) is 0 Å². The van der Waals surface area contributed by atoms with Crippen molar-refractivity contribution in [3.8, 4) is 0 Å². The van der Waals surface area contributed by atoms with E-state index < -0.39 is 11.9 Å². The molecule has 0 bridgehead atoms. The fourth-order valence-corrected chi connectivity index (χ4v) is 8.84. The van der Waals surface area contributed by atoms with E-state index in [1.807, 2.05) is 41.1 Å². The summed E-state index contributed by atoms with van der Waals surface area (Å²) in [6.07, 6.45) is 11.1. The number of likely N-dealkylation sites (tertiary alicyclic amines) is 2. The molecule has 5 heterocycles. The maximum Gasteiger partial charge on any atom is 0.253 e. The van der Waals surface area contributed by atoms with Gasteiger partial charge in [-0.15, -0.1) is 0 Å². The fourth-order valence-electron chi connectivity index (χ4n) is 8.32. The standard InChI is InChI=1S/C43H56BrFN8O3/c1-30(25-37-31(2)47-15-10-38(37)44)28-50-16-13-34(14-17-50)33-6-8-35(9-7-33)43(56)53-18-11-32(12-19-53)29-51-20-22-52(23-21-51)41-39(45)26-36(27-48-41)49-40(5-4-24-54)42(55)46-3/h6-10,15,24-27,32,34,40,49H,4-5,11-14,16-23,28-29H2,1-3H3,(H,46,55)/b30-25+. The zero-order valence-corrected chi connectivity index (χ0v) is 34.6. The third-order valence-corrected chi connectivity index (χ3v) is 12.3. The number of hydrogen-bond donors (Lipinski definition) is 2. The molecular weight excluding hydrogens is 775 g/mol. The highest BCUT2D eigenvalue weighted by Crippen LogP contribution is 2.30. The summed E-state index contributed by atoms with van der Waals surface area (Å²) in [7, 11) is 1.53. The smallest absolute Gasteiger partial charge is 0.253 e. The van der Waals surface area contributed by atoms with E-state index >= 15 is 4.39 Å². The first-order chi connectivity index (χ1) is 27.1. The number of nitrogens with zero attached hydrogens (tertiary/aromatic N) is 6. The van der Waals surface area contributed by atoms with Gasteiger partial charge in [0.15, 0.2) is 11.6 Å². The van der Waals surface area contributed by atoms with E-state index in [4.69, 9.17) is 0 Å². The summed E-state index contributed by atoms with van der Waals surface area (Å²) in [5, 5.41) is 5.58. The van der Waals surface area contributed by atoms with Crippen molar-refractivity contribution >= 4 is 51.6 Å². The first kappa shape index (κ1) is 41.4. The lowest BCUT2D eigenvalue weighted by molar-refractivity contribution is -0.121. The number of aryl methyl sites for hydroxylation is 1. The molecule has 6 rings (SSSR count). The number of aromatic nitrogens is 2. The Balaban J connectivity index is 0.904. The van der Waals surface area contributed by atoms with Gasteiger partial charge in [-0.25, -0.2) is 9.37 Å². The Morgan fingerprint density at radius 2 is 1.68 bits per heavy atom. The molecule has 0 radical (unpaired) electrons. The number of aldehydes is 1. The van der Waals surface area contributed by atoms with Crippen molar-refractivity contribution in [1.82, 2.24) is 30.0 Å². The van der Waals surface area contributed by atoms with Crippen LogP contribution in [-0.4, -0.2) is 121 Å². The molecule has 3 fully saturated rings. The molecule has 11 nitrogen and oxygen atoms in total.